The average Bonchev–Trinajstić information content (AvgIpc) is 2.93. The van der Waals surface area contributed by atoms with Crippen LogP contribution in [0.5, 0.6) is 5.75 Å². The van der Waals surface area contributed by atoms with Crippen LogP contribution in [0.2, 0.25) is 0 Å². The van der Waals surface area contributed by atoms with Crippen molar-refractivity contribution in [3.63, 3.8) is 0 Å². The molecule has 1 N–H and O–H groups in total. The number of anilines is 2. The van der Waals surface area contributed by atoms with Crippen molar-refractivity contribution in [2.24, 2.45) is 0 Å². The highest BCUT2D eigenvalue weighted by Crippen LogP contribution is 2.60. The molecule has 2 atom stereocenters. The first kappa shape index (κ1) is 47.6. The Balaban J connectivity index is 1.10. The van der Waals surface area contributed by atoms with E-state index in [1.807, 2.05) is 0 Å². The van der Waals surface area contributed by atoms with Gasteiger partial charge in [-0.3, -0.25) is 0 Å². The second kappa shape index (κ2) is 16.0. The number of rotatable bonds is 5. The first-order chi connectivity index (χ1) is 37.3. The maximum absolute atomic E-state index is 7.32. The van der Waals surface area contributed by atoms with Crippen LogP contribution in [0, 0.1) is 0 Å². The van der Waals surface area contributed by atoms with Gasteiger partial charge in [0.1, 0.15) is 11.9 Å². The lowest BCUT2D eigenvalue weighted by Gasteiger charge is -2.42. The topological polar surface area (TPSA) is 26.2 Å². The molecule has 10 aromatic rings. The van der Waals surface area contributed by atoms with Crippen LogP contribution in [-0.4, -0.2) is 11.8 Å². The summed E-state index contributed by atoms with van der Waals surface area (Å²) in [6.07, 6.45) is 2.13. The number of nitrogens with one attached hydrogen (secondary N) is 1. The van der Waals surface area contributed by atoms with Gasteiger partial charge in [-0.2, -0.15) is 0 Å². The zero-order valence-electron chi connectivity index (χ0n) is 47.2. The molecule has 0 spiro atoms. The number of benzene rings is 9. The first-order valence-corrected chi connectivity index (χ1v) is 28.6. The standard InChI is InChI=1S/C74H68BN2O/c1-70(2,3)44-30-32-45(33-31-44)76-58-39-54-48(46-26-18-20-28-52(46)73(54,8)9)36-49(58)64-63-47-27-19-21-29-53(47)74(10,11)66(63)65-50-37-55-56(72(6,7)35-34-71(55,4)5)40-59(50)77-60-38-51-61(41-57(60)75-67(64)68(65)77)78-69(43-24-16-13-17-25-43)62(51)42-22-14-12-15-23-42/h12-33,36-41,62,69,76H,34-35H2,1-11H3. The average molecular weight is 1010 g/mol. The molecule has 3 aliphatic carbocycles. The van der Waals surface area contributed by atoms with Gasteiger partial charge in [-0.25, -0.2) is 0 Å². The summed E-state index contributed by atoms with van der Waals surface area (Å²) in [5, 5.41) is 6.87. The van der Waals surface area contributed by atoms with Crippen molar-refractivity contribution in [3.05, 3.63) is 225 Å². The monoisotopic (exact) mass is 1010 g/mol. The predicted octanol–water partition coefficient (Wildman–Crippen LogP) is 17.7. The minimum Gasteiger partial charge on any atom is -0.484 e. The normalized spacial score (nSPS) is 19.0. The summed E-state index contributed by atoms with van der Waals surface area (Å²) in [5.74, 6) is 0.963. The number of hydrogen-bond donors (Lipinski definition) is 1. The number of nitrogens with zero attached hydrogens (tertiary/aromatic N) is 1. The van der Waals surface area contributed by atoms with E-state index >= 15 is 0 Å². The Labute approximate surface area is 462 Å². The van der Waals surface area contributed by atoms with E-state index < -0.39 is 0 Å². The minimum absolute atomic E-state index is 0.00811. The van der Waals surface area contributed by atoms with Crippen molar-refractivity contribution in [2.75, 3.05) is 5.32 Å². The van der Waals surface area contributed by atoms with Gasteiger partial charge in [-0.1, -0.05) is 203 Å². The van der Waals surface area contributed by atoms with Gasteiger partial charge in [-0.15, -0.1) is 0 Å². The van der Waals surface area contributed by atoms with Crippen molar-refractivity contribution >= 4 is 51.4 Å². The number of fused-ring (bicyclic) bond motifs is 14. The molecule has 5 aliphatic rings. The maximum Gasteiger partial charge on any atom is 0.198 e. The molecule has 3 heterocycles. The summed E-state index contributed by atoms with van der Waals surface area (Å²) in [4.78, 5) is 0. The van der Waals surface area contributed by atoms with E-state index in [1.54, 1.807) is 0 Å². The molecule has 1 radical (unpaired) electrons. The molecule has 0 saturated heterocycles. The summed E-state index contributed by atoms with van der Waals surface area (Å²) in [5.41, 5.74) is 29.2. The molecule has 0 saturated carbocycles. The van der Waals surface area contributed by atoms with Crippen LogP contribution in [0.25, 0.3) is 60.9 Å². The van der Waals surface area contributed by atoms with Gasteiger partial charge in [0.15, 0.2) is 7.28 Å². The van der Waals surface area contributed by atoms with Crippen LogP contribution in [0.3, 0.4) is 0 Å². The summed E-state index contributed by atoms with van der Waals surface area (Å²) in [6.45, 7) is 26.6. The third-order valence-corrected chi connectivity index (χ3v) is 19.6. The van der Waals surface area contributed by atoms with Crippen LogP contribution >= 0.6 is 0 Å². The third kappa shape index (κ3) is 6.58. The quantitative estimate of drug-likeness (QED) is 0.174. The van der Waals surface area contributed by atoms with Gasteiger partial charge in [0.2, 0.25) is 0 Å². The van der Waals surface area contributed by atoms with Crippen LogP contribution < -0.4 is 21.0 Å². The van der Waals surface area contributed by atoms with Crippen molar-refractivity contribution in [2.45, 2.75) is 128 Å². The Morgan fingerprint density at radius 3 is 1.85 bits per heavy atom. The van der Waals surface area contributed by atoms with Crippen LogP contribution in [0.15, 0.2) is 170 Å². The minimum atomic E-state index is -0.321. The second-order valence-electron chi connectivity index (χ2n) is 26.9. The fraction of sp³-hybridized carbons (Fsp3) is 0.270. The van der Waals surface area contributed by atoms with E-state index in [1.165, 1.54) is 127 Å². The molecule has 0 bridgehead atoms. The van der Waals surface area contributed by atoms with Gasteiger partial charge in [0, 0.05) is 55.3 Å². The Bertz CT molecular complexity index is 4200. The fourth-order valence-electron chi connectivity index (χ4n) is 15.3. The van der Waals surface area contributed by atoms with E-state index in [0.717, 1.165) is 30.0 Å². The molecule has 3 nitrogen and oxygen atoms in total. The van der Waals surface area contributed by atoms with Crippen LogP contribution in [0.4, 0.5) is 11.4 Å². The zero-order valence-corrected chi connectivity index (χ0v) is 47.2. The second-order valence-corrected chi connectivity index (χ2v) is 26.9. The lowest BCUT2D eigenvalue weighted by molar-refractivity contribution is 0.222. The lowest BCUT2D eigenvalue weighted by atomic mass is 9.57. The molecule has 0 amide bonds. The lowest BCUT2D eigenvalue weighted by Crippen LogP contribution is -2.38. The largest absolute Gasteiger partial charge is 0.484 e. The third-order valence-electron chi connectivity index (χ3n) is 19.6. The predicted molar refractivity (Wildman–Crippen MR) is 328 cm³/mol. The van der Waals surface area contributed by atoms with E-state index in [4.69, 9.17) is 4.74 Å². The van der Waals surface area contributed by atoms with Gasteiger partial charge in [0.05, 0.1) is 11.4 Å². The highest BCUT2D eigenvalue weighted by atomic mass is 16.5. The molecule has 2 aliphatic heterocycles. The van der Waals surface area contributed by atoms with Crippen LogP contribution in [-0.2, 0) is 27.1 Å². The van der Waals surface area contributed by atoms with E-state index in [9.17, 15) is 0 Å². The van der Waals surface area contributed by atoms with E-state index in [0.29, 0.717) is 0 Å². The fourth-order valence-corrected chi connectivity index (χ4v) is 15.3. The Hall–Kier alpha value is -7.56. The molecule has 78 heavy (non-hydrogen) atoms. The molecule has 2 unspecified atom stereocenters. The van der Waals surface area contributed by atoms with E-state index in [2.05, 4.69) is 263 Å². The van der Waals surface area contributed by atoms with Gasteiger partial charge in [0.25, 0.3) is 0 Å². The Morgan fingerprint density at radius 1 is 0.551 bits per heavy atom. The van der Waals surface area contributed by atoms with Crippen molar-refractivity contribution in [3.8, 4) is 44.8 Å². The first-order valence-electron chi connectivity index (χ1n) is 28.6. The Kier molecular flexibility index (Phi) is 9.79. The van der Waals surface area contributed by atoms with Crippen molar-refractivity contribution in [1.29, 1.82) is 0 Å². The summed E-state index contributed by atoms with van der Waals surface area (Å²) in [6, 6.07) is 64.8. The number of aromatic nitrogens is 1. The van der Waals surface area contributed by atoms with Crippen molar-refractivity contribution in [1.82, 2.24) is 4.57 Å². The highest BCUT2D eigenvalue weighted by Gasteiger charge is 2.47. The highest BCUT2D eigenvalue weighted by molar-refractivity contribution is 6.74. The number of ether oxygens (including phenoxy) is 1. The van der Waals surface area contributed by atoms with Gasteiger partial charge >= 0.3 is 0 Å². The summed E-state index contributed by atoms with van der Waals surface area (Å²) in [7, 11) is 2.55. The zero-order chi connectivity index (χ0) is 53.6. The van der Waals surface area contributed by atoms with Gasteiger partial charge in [-0.05, 0) is 161 Å². The smallest absolute Gasteiger partial charge is 0.198 e. The van der Waals surface area contributed by atoms with Crippen LogP contribution in [0.1, 0.15) is 157 Å². The molecule has 1 aromatic heterocycles. The van der Waals surface area contributed by atoms with Crippen molar-refractivity contribution < 1.29 is 4.74 Å². The SMILES string of the molecule is CC(C)(C)c1ccc(Nc2cc3c(cc2-c2c4c(c5c6cc7c(cc6n6c5c2[B]c2cc5c(cc2-6)C(c2ccccc2)C(c2ccccc2)O5)C(C)(C)CCC7(C)C)C(C)(C)c2ccccc2-4)-c2ccccc2C3(C)C)cc1. The summed E-state index contributed by atoms with van der Waals surface area (Å²) >= 11 is 0. The molecule has 15 rings (SSSR count). The maximum atomic E-state index is 7.32. The molecule has 0 fully saturated rings. The molecule has 4 heteroatoms. The molecular weight excluding hydrogens is 944 g/mol. The Morgan fingerprint density at radius 2 is 1.17 bits per heavy atom. The van der Waals surface area contributed by atoms with E-state index in [-0.39, 0.29) is 39.1 Å². The number of hydrogen-bond acceptors (Lipinski definition) is 2. The molecular formula is C74H68BN2O. The molecule has 9 aromatic carbocycles. The summed E-state index contributed by atoms with van der Waals surface area (Å²) < 4.78 is 10.0. The molecule has 383 valence electrons. The van der Waals surface area contributed by atoms with Gasteiger partial charge < -0.3 is 14.6 Å².